The van der Waals surface area contributed by atoms with Crippen LogP contribution in [0.5, 0.6) is 5.88 Å². The van der Waals surface area contributed by atoms with Gasteiger partial charge in [-0.05, 0) is 50.2 Å². The molecule has 0 spiro atoms. The van der Waals surface area contributed by atoms with E-state index in [0.717, 1.165) is 12.8 Å². The number of anilines is 1. The van der Waals surface area contributed by atoms with Crippen LogP contribution in [0.15, 0.2) is 46.2 Å². The van der Waals surface area contributed by atoms with Gasteiger partial charge in [-0.1, -0.05) is 13.8 Å². The molecule has 4 heterocycles. The van der Waals surface area contributed by atoms with Crippen molar-refractivity contribution in [3.8, 4) is 23.0 Å². The highest BCUT2D eigenvalue weighted by atomic mass is 32.2. The van der Waals surface area contributed by atoms with E-state index in [1.807, 2.05) is 13.8 Å². The van der Waals surface area contributed by atoms with Gasteiger partial charge in [0, 0.05) is 31.9 Å². The van der Waals surface area contributed by atoms with E-state index in [1.165, 1.54) is 16.6 Å². The Morgan fingerprint density at radius 2 is 1.70 bits per heavy atom. The molecule has 4 aromatic rings. The van der Waals surface area contributed by atoms with Gasteiger partial charge in [-0.15, -0.1) is 0 Å². The molecule has 230 valence electrons. The fraction of sp³-hybridized carbons (Fsp3) is 0.407. The number of benzene rings is 1. The first-order valence-electron chi connectivity index (χ1n) is 13.9. The molecule has 0 atom stereocenters. The summed E-state index contributed by atoms with van der Waals surface area (Å²) in [5, 5.41) is 4.50. The molecule has 0 radical (unpaired) electrons. The summed E-state index contributed by atoms with van der Waals surface area (Å²) in [5.41, 5.74) is 1.78. The van der Waals surface area contributed by atoms with Gasteiger partial charge < -0.3 is 14.6 Å². The zero-order valence-electron chi connectivity index (χ0n) is 24.4. The van der Waals surface area contributed by atoms with E-state index in [9.17, 15) is 21.6 Å². The maximum Gasteiger partial charge on any atom is 0.279 e. The predicted molar refractivity (Wildman–Crippen MR) is 163 cm³/mol. The fourth-order valence-corrected chi connectivity index (χ4v) is 6.95. The standard InChI is InChI=1S/C27H34N8O6S2/c1-5-22-23-24(31-35(22)19-10-8-18(9-11-19)32-42(4,37)38)26(36)30-25(29-23)21-16-20(17-28-27(21)41-7-3)43(39,40)34-14-12-33(6-2)13-15-34/h8-11,16-17,32H,5-7,12-15H2,1-4H3,(H,29,30,36). The molecular formula is C27H34N8O6S2. The van der Waals surface area contributed by atoms with E-state index >= 15 is 0 Å². The number of likely N-dealkylation sites (N-methyl/N-ethyl adjacent to an activating group) is 1. The smallest absolute Gasteiger partial charge is 0.279 e. The van der Waals surface area contributed by atoms with Gasteiger partial charge in [0.15, 0.2) is 5.52 Å². The third-order valence-corrected chi connectivity index (χ3v) is 9.62. The lowest BCUT2D eigenvalue weighted by Gasteiger charge is -2.33. The van der Waals surface area contributed by atoms with Gasteiger partial charge in [0.05, 0.1) is 36.0 Å². The third kappa shape index (κ3) is 6.27. The molecule has 16 heteroatoms. The van der Waals surface area contributed by atoms with E-state index in [-0.39, 0.29) is 34.3 Å². The molecule has 2 N–H and O–H groups in total. The molecule has 1 aromatic carbocycles. The fourth-order valence-electron chi connectivity index (χ4n) is 5.00. The van der Waals surface area contributed by atoms with Crippen LogP contribution in [-0.4, -0.2) is 96.4 Å². The molecule has 0 aliphatic carbocycles. The van der Waals surface area contributed by atoms with Crippen LogP contribution in [0.2, 0.25) is 0 Å². The lowest BCUT2D eigenvalue weighted by Crippen LogP contribution is -2.48. The minimum absolute atomic E-state index is 0.0205. The van der Waals surface area contributed by atoms with Gasteiger partial charge in [0.25, 0.3) is 5.56 Å². The van der Waals surface area contributed by atoms with Gasteiger partial charge in [0.2, 0.25) is 25.9 Å². The van der Waals surface area contributed by atoms with Crippen molar-refractivity contribution in [1.82, 2.24) is 33.9 Å². The van der Waals surface area contributed by atoms with Gasteiger partial charge in [-0.3, -0.25) is 9.52 Å². The summed E-state index contributed by atoms with van der Waals surface area (Å²) in [6.07, 6.45) is 2.80. The summed E-state index contributed by atoms with van der Waals surface area (Å²) in [6, 6.07) is 7.99. The van der Waals surface area contributed by atoms with E-state index < -0.39 is 25.6 Å². The minimum atomic E-state index is -3.86. The quantitative estimate of drug-likeness (QED) is 0.263. The molecule has 0 saturated carbocycles. The number of pyridine rings is 1. The molecule has 5 rings (SSSR count). The highest BCUT2D eigenvalue weighted by Crippen LogP contribution is 2.31. The zero-order chi connectivity index (χ0) is 30.9. The van der Waals surface area contributed by atoms with Crippen molar-refractivity contribution in [2.24, 2.45) is 0 Å². The Labute approximate surface area is 249 Å². The first-order valence-corrected chi connectivity index (χ1v) is 17.2. The Morgan fingerprint density at radius 1 is 1.00 bits per heavy atom. The van der Waals surface area contributed by atoms with Crippen LogP contribution in [0, 0.1) is 0 Å². The van der Waals surface area contributed by atoms with Crippen molar-refractivity contribution in [3.05, 3.63) is 52.6 Å². The Bertz CT molecular complexity index is 1910. The van der Waals surface area contributed by atoms with Crippen LogP contribution < -0.4 is 15.0 Å². The number of nitrogens with one attached hydrogen (secondary N) is 2. The van der Waals surface area contributed by atoms with Gasteiger partial charge in [-0.2, -0.15) is 9.40 Å². The monoisotopic (exact) mass is 630 g/mol. The van der Waals surface area contributed by atoms with Crippen LogP contribution >= 0.6 is 0 Å². The van der Waals surface area contributed by atoms with Crippen LogP contribution in [-0.2, 0) is 26.5 Å². The van der Waals surface area contributed by atoms with Gasteiger partial charge in [0.1, 0.15) is 16.2 Å². The molecule has 0 amide bonds. The van der Waals surface area contributed by atoms with Crippen molar-refractivity contribution in [3.63, 3.8) is 0 Å². The Balaban J connectivity index is 1.58. The van der Waals surface area contributed by atoms with Crippen molar-refractivity contribution < 1.29 is 21.6 Å². The average molecular weight is 631 g/mol. The maximum atomic E-state index is 13.6. The number of nitrogens with zero attached hydrogens (tertiary/aromatic N) is 6. The normalized spacial score (nSPS) is 15.2. The Morgan fingerprint density at radius 3 is 2.30 bits per heavy atom. The molecule has 1 aliphatic heterocycles. The zero-order valence-corrected chi connectivity index (χ0v) is 26.0. The number of fused-ring (bicyclic) bond motifs is 1. The van der Waals surface area contributed by atoms with Crippen LogP contribution in [0.3, 0.4) is 0 Å². The summed E-state index contributed by atoms with van der Waals surface area (Å²) in [4.78, 5) is 27.2. The molecule has 0 unspecified atom stereocenters. The van der Waals surface area contributed by atoms with E-state index in [2.05, 4.69) is 24.7 Å². The van der Waals surface area contributed by atoms with E-state index in [4.69, 9.17) is 9.72 Å². The lowest BCUT2D eigenvalue weighted by atomic mass is 10.2. The second-order valence-corrected chi connectivity index (χ2v) is 13.7. The third-order valence-electron chi connectivity index (χ3n) is 7.15. The number of piperazine rings is 1. The number of H-pyrrole nitrogens is 1. The molecule has 0 bridgehead atoms. The van der Waals surface area contributed by atoms with Gasteiger partial charge >= 0.3 is 0 Å². The number of aromatic amines is 1. The SMILES string of the molecule is CCOc1ncc(S(=O)(=O)N2CCN(CC)CC2)cc1-c1nc2c(CC)n(-c3ccc(NS(C)(=O)=O)cc3)nc2c(=O)[nH]1. The number of aryl methyl sites for hydroxylation is 1. The van der Waals surface area contributed by atoms with E-state index in [0.29, 0.717) is 55.2 Å². The number of hydrogen-bond donors (Lipinski definition) is 2. The molecule has 43 heavy (non-hydrogen) atoms. The molecule has 1 fully saturated rings. The van der Waals surface area contributed by atoms with Crippen LogP contribution in [0.25, 0.3) is 28.1 Å². The number of hydrogen-bond acceptors (Lipinski definition) is 10. The second kappa shape index (κ2) is 12.0. The molecule has 1 saturated heterocycles. The second-order valence-electron chi connectivity index (χ2n) is 10.0. The summed E-state index contributed by atoms with van der Waals surface area (Å²) in [7, 11) is -7.30. The summed E-state index contributed by atoms with van der Waals surface area (Å²) < 4.78 is 61.4. The number of ether oxygens (including phenoxy) is 1. The highest BCUT2D eigenvalue weighted by molar-refractivity contribution is 7.92. The van der Waals surface area contributed by atoms with Crippen molar-refractivity contribution in [2.45, 2.75) is 32.1 Å². The topological polar surface area (TPSA) is 172 Å². The van der Waals surface area contributed by atoms with Crippen LogP contribution in [0.1, 0.15) is 26.5 Å². The molecule has 14 nitrogen and oxygen atoms in total. The first-order chi connectivity index (χ1) is 20.4. The molecule has 3 aromatic heterocycles. The Hall–Kier alpha value is -3.86. The predicted octanol–water partition coefficient (Wildman–Crippen LogP) is 1.83. The van der Waals surface area contributed by atoms with Crippen molar-refractivity contribution >= 4 is 36.8 Å². The lowest BCUT2D eigenvalue weighted by molar-refractivity contribution is 0.196. The largest absolute Gasteiger partial charge is 0.477 e. The highest BCUT2D eigenvalue weighted by Gasteiger charge is 2.30. The van der Waals surface area contributed by atoms with Crippen LogP contribution in [0.4, 0.5) is 5.69 Å². The maximum absolute atomic E-state index is 13.6. The number of rotatable bonds is 10. The Kier molecular flexibility index (Phi) is 8.56. The summed E-state index contributed by atoms with van der Waals surface area (Å²) >= 11 is 0. The number of aromatic nitrogens is 5. The number of sulfonamides is 2. The summed E-state index contributed by atoms with van der Waals surface area (Å²) in [6.45, 7) is 8.84. The van der Waals surface area contributed by atoms with Gasteiger partial charge in [-0.25, -0.2) is 31.5 Å². The summed E-state index contributed by atoms with van der Waals surface area (Å²) in [5.74, 6) is 0.238. The van der Waals surface area contributed by atoms with Crippen molar-refractivity contribution in [2.75, 3.05) is 50.3 Å². The van der Waals surface area contributed by atoms with E-state index in [1.54, 1.807) is 35.9 Å². The van der Waals surface area contributed by atoms with Crippen molar-refractivity contribution in [1.29, 1.82) is 0 Å². The average Bonchev–Trinajstić information content (AvgIpc) is 3.36. The molecule has 1 aliphatic rings. The molecular weight excluding hydrogens is 596 g/mol. The minimum Gasteiger partial charge on any atom is -0.477 e. The first kappa shape index (κ1) is 30.6.